The maximum Gasteiger partial charge on any atom is 0.416 e. The summed E-state index contributed by atoms with van der Waals surface area (Å²) in [5, 5.41) is 7.08. The van der Waals surface area contributed by atoms with E-state index in [9.17, 15) is 18.0 Å². The Labute approximate surface area is 159 Å². The van der Waals surface area contributed by atoms with Crippen molar-refractivity contribution in [3.05, 3.63) is 35.7 Å². The zero-order chi connectivity index (χ0) is 19.5. The number of rotatable bonds is 4. The van der Waals surface area contributed by atoms with E-state index in [4.69, 9.17) is 4.52 Å². The minimum Gasteiger partial charge on any atom is -0.353 e. The minimum absolute atomic E-state index is 0.0778. The van der Waals surface area contributed by atoms with Crippen molar-refractivity contribution in [2.24, 2.45) is 17.8 Å². The molecule has 0 aliphatic heterocycles. The molecule has 3 aliphatic rings. The summed E-state index contributed by atoms with van der Waals surface area (Å²) in [5.74, 6) is 1.20. The van der Waals surface area contributed by atoms with Gasteiger partial charge in [0.25, 0.3) is 0 Å². The van der Waals surface area contributed by atoms with Crippen LogP contribution in [0.2, 0.25) is 0 Å². The van der Waals surface area contributed by atoms with Gasteiger partial charge in [-0.25, -0.2) is 0 Å². The molecule has 0 saturated heterocycles. The number of halogens is 3. The van der Waals surface area contributed by atoms with Crippen molar-refractivity contribution in [2.75, 3.05) is 0 Å². The van der Waals surface area contributed by atoms with E-state index in [0.717, 1.165) is 44.2 Å². The largest absolute Gasteiger partial charge is 0.416 e. The number of fused-ring (bicyclic) bond motifs is 2. The maximum atomic E-state index is 12.8. The summed E-state index contributed by atoms with van der Waals surface area (Å²) in [6.07, 6.45) is 0.771. The Morgan fingerprint density at radius 3 is 2.46 bits per heavy atom. The van der Waals surface area contributed by atoms with Crippen LogP contribution in [0.3, 0.4) is 0 Å². The van der Waals surface area contributed by atoms with Crippen LogP contribution in [0.1, 0.15) is 49.5 Å². The van der Waals surface area contributed by atoms with Gasteiger partial charge in [-0.2, -0.15) is 18.2 Å². The van der Waals surface area contributed by atoms with Crippen molar-refractivity contribution in [1.82, 2.24) is 15.5 Å². The van der Waals surface area contributed by atoms with Gasteiger partial charge in [0.15, 0.2) is 0 Å². The van der Waals surface area contributed by atoms with Crippen molar-refractivity contribution in [2.45, 2.75) is 50.2 Å². The number of hydrogen-bond donors (Lipinski definition) is 1. The zero-order valence-electron chi connectivity index (χ0n) is 15.1. The molecule has 1 N–H and O–H groups in total. The minimum atomic E-state index is -4.38. The van der Waals surface area contributed by atoms with Crippen LogP contribution in [-0.4, -0.2) is 22.1 Å². The van der Waals surface area contributed by atoms with E-state index in [1.807, 2.05) is 0 Å². The van der Waals surface area contributed by atoms with Gasteiger partial charge in [-0.15, -0.1) is 0 Å². The molecule has 5 rings (SSSR count). The van der Waals surface area contributed by atoms with Gasteiger partial charge < -0.3 is 9.84 Å². The molecule has 2 bridgehead atoms. The van der Waals surface area contributed by atoms with Crippen molar-refractivity contribution < 1.29 is 22.5 Å². The molecule has 3 fully saturated rings. The molecule has 0 unspecified atom stereocenters. The SMILES string of the molecule is O=C(NC1CC1)[C@H]1[C@H]2CC[C@H](C2)[C@@H]1c1nc(-c2ccc(C(F)(F)F)cc2)no1. The van der Waals surface area contributed by atoms with E-state index in [1.54, 1.807) is 0 Å². The number of hydrogen-bond acceptors (Lipinski definition) is 4. The highest BCUT2D eigenvalue weighted by Gasteiger charge is 2.54. The van der Waals surface area contributed by atoms with Gasteiger partial charge in [-0.1, -0.05) is 17.3 Å². The van der Waals surface area contributed by atoms with Crippen LogP contribution >= 0.6 is 0 Å². The van der Waals surface area contributed by atoms with Crippen molar-refractivity contribution >= 4 is 5.91 Å². The Morgan fingerprint density at radius 1 is 1.07 bits per heavy atom. The van der Waals surface area contributed by atoms with Gasteiger partial charge in [0.05, 0.1) is 17.4 Å². The predicted molar refractivity (Wildman–Crippen MR) is 93.0 cm³/mol. The van der Waals surface area contributed by atoms with E-state index in [-0.39, 0.29) is 23.6 Å². The van der Waals surface area contributed by atoms with Gasteiger partial charge in [-0.3, -0.25) is 4.79 Å². The van der Waals surface area contributed by atoms with Crippen LogP contribution < -0.4 is 5.32 Å². The van der Waals surface area contributed by atoms with Gasteiger partial charge in [0.1, 0.15) is 0 Å². The standard InChI is InChI=1S/C20H20F3N3O2/c21-20(22,23)13-5-3-10(4-6-13)17-25-19(28-26-17)16-12-2-1-11(9-12)15(16)18(27)24-14-7-8-14/h3-6,11-12,14-16H,1-2,7-9H2,(H,24,27)/t11-,12+,15-,16-/m0/s1. The Morgan fingerprint density at radius 2 is 1.79 bits per heavy atom. The third kappa shape index (κ3) is 3.08. The molecule has 5 nitrogen and oxygen atoms in total. The van der Waals surface area contributed by atoms with Crippen molar-refractivity contribution in [1.29, 1.82) is 0 Å². The van der Waals surface area contributed by atoms with Gasteiger partial charge >= 0.3 is 6.18 Å². The number of nitrogens with one attached hydrogen (secondary N) is 1. The Bertz CT molecular complexity index is 889. The summed E-state index contributed by atoms with van der Waals surface area (Å²) < 4.78 is 43.7. The van der Waals surface area contributed by atoms with E-state index >= 15 is 0 Å². The topological polar surface area (TPSA) is 68.0 Å². The second-order valence-corrected chi connectivity index (χ2v) is 8.20. The molecule has 0 radical (unpaired) electrons. The number of nitrogens with zero attached hydrogens (tertiary/aromatic N) is 2. The Balaban J connectivity index is 1.39. The quantitative estimate of drug-likeness (QED) is 0.850. The van der Waals surface area contributed by atoms with Crippen LogP contribution in [0.25, 0.3) is 11.4 Å². The fourth-order valence-corrected chi connectivity index (χ4v) is 4.85. The van der Waals surface area contributed by atoms with Crippen molar-refractivity contribution in [3.63, 3.8) is 0 Å². The maximum absolute atomic E-state index is 12.8. The van der Waals surface area contributed by atoms with Crippen LogP contribution in [0.15, 0.2) is 28.8 Å². The summed E-state index contributed by atoms with van der Waals surface area (Å²) >= 11 is 0. The summed E-state index contributed by atoms with van der Waals surface area (Å²) in [5.41, 5.74) is -0.255. The molecule has 1 aromatic carbocycles. The lowest BCUT2D eigenvalue weighted by atomic mass is 9.78. The fraction of sp³-hybridized carbons (Fsp3) is 0.550. The average molecular weight is 391 g/mol. The van der Waals surface area contributed by atoms with Crippen LogP contribution in [0, 0.1) is 17.8 Å². The second kappa shape index (κ2) is 6.32. The summed E-state index contributed by atoms with van der Waals surface area (Å²) in [7, 11) is 0. The van der Waals surface area contributed by atoms with E-state index in [2.05, 4.69) is 15.5 Å². The number of alkyl halides is 3. The van der Waals surface area contributed by atoms with E-state index in [0.29, 0.717) is 29.3 Å². The first kappa shape index (κ1) is 17.7. The van der Waals surface area contributed by atoms with Gasteiger partial charge in [-0.05, 0) is 56.1 Å². The first-order valence-electron chi connectivity index (χ1n) is 9.72. The third-order valence-electron chi connectivity index (χ3n) is 6.34. The van der Waals surface area contributed by atoms with Crippen LogP contribution in [0.4, 0.5) is 13.2 Å². The second-order valence-electron chi connectivity index (χ2n) is 8.20. The lowest BCUT2D eigenvalue weighted by molar-refractivity contribution is -0.137. The molecule has 3 saturated carbocycles. The zero-order valence-corrected chi connectivity index (χ0v) is 15.1. The predicted octanol–water partition coefficient (Wildman–Crippen LogP) is 4.16. The lowest BCUT2D eigenvalue weighted by Gasteiger charge is -2.27. The van der Waals surface area contributed by atoms with Crippen molar-refractivity contribution in [3.8, 4) is 11.4 Å². The molecule has 1 amide bonds. The fourth-order valence-electron chi connectivity index (χ4n) is 4.85. The number of carbonyl (C=O) groups is 1. The highest BCUT2D eigenvalue weighted by atomic mass is 19.4. The lowest BCUT2D eigenvalue weighted by Crippen LogP contribution is -2.38. The highest BCUT2D eigenvalue weighted by molar-refractivity contribution is 5.81. The average Bonchev–Trinajstić information content (AvgIpc) is 3.09. The Hall–Kier alpha value is -2.38. The molecule has 2 aromatic rings. The van der Waals surface area contributed by atoms with Gasteiger partial charge in [0, 0.05) is 11.6 Å². The molecule has 0 spiro atoms. The number of benzene rings is 1. The van der Waals surface area contributed by atoms with Gasteiger partial charge in [0.2, 0.25) is 17.6 Å². The molecule has 8 heteroatoms. The molecule has 28 heavy (non-hydrogen) atoms. The number of aromatic nitrogens is 2. The highest BCUT2D eigenvalue weighted by Crippen LogP contribution is 2.56. The summed E-state index contributed by atoms with van der Waals surface area (Å²) in [4.78, 5) is 17.2. The van der Waals surface area contributed by atoms with Crippen LogP contribution in [0.5, 0.6) is 0 Å². The summed E-state index contributed by atoms with van der Waals surface area (Å²) in [6.45, 7) is 0. The molecule has 1 heterocycles. The first-order valence-corrected chi connectivity index (χ1v) is 9.72. The monoisotopic (exact) mass is 391 g/mol. The van der Waals surface area contributed by atoms with E-state index < -0.39 is 11.7 Å². The number of amides is 1. The molecular weight excluding hydrogens is 371 g/mol. The smallest absolute Gasteiger partial charge is 0.353 e. The third-order valence-corrected chi connectivity index (χ3v) is 6.34. The normalized spacial score (nSPS) is 29.2. The summed E-state index contributed by atoms with van der Waals surface area (Å²) in [6, 6.07) is 5.01. The molecule has 148 valence electrons. The molecule has 4 atom stereocenters. The first-order chi connectivity index (χ1) is 13.4. The van der Waals surface area contributed by atoms with E-state index in [1.165, 1.54) is 12.1 Å². The van der Waals surface area contributed by atoms with Crippen LogP contribution in [-0.2, 0) is 11.0 Å². The molecule has 1 aromatic heterocycles. The number of carbonyl (C=O) groups excluding carboxylic acids is 1. The molecule has 3 aliphatic carbocycles. The Kier molecular flexibility index (Phi) is 4.00. The molecular formula is C20H20F3N3O2.